The molecule has 1 N–H and O–H groups in total. The first-order chi connectivity index (χ1) is 8.56. The molecule has 1 heterocycles. The average molecular weight is 250 g/mol. The largest absolute Gasteiger partial charge is 0.356 e. The molecule has 1 aliphatic heterocycles. The molecule has 4 nitrogen and oxygen atoms in total. The first kappa shape index (κ1) is 12.5. The van der Waals surface area contributed by atoms with Crippen molar-refractivity contribution in [2.45, 2.75) is 13.3 Å². The van der Waals surface area contributed by atoms with Crippen molar-refractivity contribution < 1.29 is 14.0 Å². The molecule has 0 aromatic heterocycles. The van der Waals surface area contributed by atoms with Gasteiger partial charge in [-0.05, 0) is 24.3 Å². The van der Waals surface area contributed by atoms with Crippen LogP contribution in [0.4, 0.5) is 10.1 Å². The molecular formula is C13H15FN2O2. The van der Waals surface area contributed by atoms with Gasteiger partial charge in [0.15, 0.2) is 0 Å². The number of benzene rings is 1. The molecule has 1 aromatic carbocycles. The predicted molar refractivity (Wildman–Crippen MR) is 65.5 cm³/mol. The van der Waals surface area contributed by atoms with Gasteiger partial charge in [0.2, 0.25) is 11.8 Å². The second-order valence-electron chi connectivity index (χ2n) is 4.49. The summed E-state index contributed by atoms with van der Waals surface area (Å²) >= 11 is 0. The normalized spacial score (nSPS) is 19.1. The number of amides is 2. The smallest absolute Gasteiger partial charge is 0.227 e. The molecule has 1 atom stereocenters. The van der Waals surface area contributed by atoms with Crippen molar-refractivity contribution in [3.63, 3.8) is 0 Å². The number of rotatable bonds is 3. The summed E-state index contributed by atoms with van der Waals surface area (Å²) in [5, 5.41) is 2.71. The lowest BCUT2D eigenvalue weighted by Crippen LogP contribution is -2.29. The average Bonchev–Trinajstić information content (AvgIpc) is 2.69. The summed E-state index contributed by atoms with van der Waals surface area (Å²) in [5.41, 5.74) is 0.701. The van der Waals surface area contributed by atoms with E-state index in [9.17, 15) is 14.0 Å². The molecule has 1 aliphatic rings. The van der Waals surface area contributed by atoms with Crippen LogP contribution < -0.4 is 10.2 Å². The Morgan fingerprint density at radius 2 is 2.11 bits per heavy atom. The van der Waals surface area contributed by atoms with E-state index >= 15 is 0 Å². The first-order valence-corrected chi connectivity index (χ1v) is 5.86. The predicted octanol–water partition coefficient (Wildman–Crippen LogP) is 1.31. The Bertz CT molecular complexity index is 459. The lowest BCUT2D eigenvalue weighted by Gasteiger charge is -2.16. The maximum Gasteiger partial charge on any atom is 0.227 e. The summed E-state index contributed by atoms with van der Waals surface area (Å²) in [5.74, 6) is -0.286. The van der Waals surface area contributed by atoms with Gasteiger partial charge in [-0.15, -0.1) is 0 Å². The Hall–Kier alpha value is -1.91. The van der Waals surface area contributed by atoms with E-state index in [0.29, 0.717) is 25.2 Å². The van der Waals surface area contributed by atoms with Crippen LogP contribution >= 0.6 is 0 Å². The number of anilines is 1. The van der Waals surface area contributed by atoms with Gasteiger partial charge in [-0.25, -0.2) is 4.39 Å². The van der Waals surface area contributed by atoms with Gasteiger partial charge < -0.3 is 10.2 Å². The number of hydrogen-bond donors (Lipinski definition) is 1. The number of carbonyl (C=O) groups excluding carboxylic acids is 2. The number of hydrogen-bond acceptors (Lipinski definition) is 2. The fraction of sp³-hybridized carbons (Fsp3) is 0.385. The van der Waals surface area contributed by atoms with E-state index in [1.165, 1.54) is 19.1 Å². The minimum Gasteiger partial charge on any atom is -0.356 e. The van der Waals surface area contributed by atoms with Crippen molar-refractivity contribution in [2.75, 3.05) is 18.0 Å². The number of halogens is 1. The minimum absolute atomic E-state index is 0.0111. The second kappa shape index (κ2) is 5.16. The number of nitrogens with zero attached hydrogens (tertiary/aromatic N) is 1. The summed E-state index contributed by atoms with van der Waals surface area (Å²) in [6, 6.07) is 5.86. The van der Waals surface area contributed by atoms with Crippen LogP contribution in [0.5, 0.6) is 0 Å². The molecule has 2 amide bonds. The van der Waals surface area contributed by atoms with Crippen LogP contribution in [0.15, 0.2) is 24.3 Å². The molecule has 1 aromatic rings. The van der Waals surface area contributed by atoms with Crippen molar-refractivity contribution in [3.05, 3.63) is 30.1 Å². The molecule has 1 fully saturated rings. The molecule has 5 heteroatoms. The zero-order valence-electron chi connectivity index (χ0n) is 10.1. The topological polar surface area (TPSA) is 49.4 Å². The first-order valence-electron chi connectivity index (χ1n) is 5.86. The summed E-state index contributed by atoms with van der Waals surface area (Å²) in [4.78, 5) is 24.3. The summed E-state index contributed by atoms with van der Waals surface area (Å²) in [6.07, 6.45) is 0.414. The van der Waals surface area contributed by atoms with Crippen molar-refractivity contribution in [1.82, 2.24) is 5.32 Å². The van der Waals surface area contributed by atoms with Crippen molar-refractivity contribution in [3.8, 4) is 0 Å². The third kappa shape index (κ3) is 2.85. The van der Waals surface area contributed by atoms with E-state index in [2.05, 4.69) is 5.32 Å². The molecule has 1 saturated heterocycles. The molecule has 18 heavy (non-hydrogen) atoms. The van der Waals surface area contributed by atoms with E-state index in [1.807, 2.05) is 0 Å². The Morgan fingerprint density at radius 1 is 1.44 bits per heavy atom. The zero-order chi connectivity index (χ0) is 13.1. The van der Waals surface area contributed by atoms with E-state index in [-0.39, 0.29) is 23.5 Å². The summed E-state index contributed by atoms with van der Waals surface area (Å²) in [6.45, 7) is 2.51. The number of carbonyl (C=O) groups is 2. The van der Waals surface area contributed by atoms with Crippen molar-refractivity contribution >= 4 is 17.5 Å². The molecule has 0 spiro atoms. The highest BCUT2D eigenvalue weighted by atomic mass is 19.1. The van der Waals surface area contributed by atoms with Gasteiger partial charge in [0.05, 0.1) is 0 Å². The number of nitrogens with one attached hydrogen (secondary N) is 1. The fourth-order valence-corrected chi connectivity index (χ4v) is 2.08. The molecule has 0 radical (unpaired) electrons. The summed E-state index contributed by atoms with van der Waals surface area (Å²) < 4.78 is 12.8. The molecule has 0 bridgehead atoms. The van der Waals surface area contributed by atoms with Crippen LogP contribution in [0, 0.1) is 11.7 Å². The third-order valence-electron chi connectivity index (χ3n) is 2.98. The van der Waals surface area contributed by atoms with Crippen LogP contribution in [0.25, 0.3) is 0 Å². The Morgan fingerprint density at radius 3 is 2.72 bits per heavy atom. The van der Waals surface area contributed by atoms with Gasteiger partial charge in [-0.2, -0.15) is 0 Å². The van der Waals surface area contributed by atoms with Crippen molar-refractivity contribution in [1.29, 1.82) is 0 Å². The van der Waals surface area contributed by atoms with Crippen LogP contribution in [0.1, 0.15) is 13.3 Å². The van der Waals surface area contributed by atoms with E-state index in [1.54, 1.807) is 17.0 Å². The fourth-order valence-electron chi connectivity index (χ4n) is 2.08. The maximum absolute atomic E-state index is 12.8. The second-order valence-corrected chi connectivity index (χ2v) is 4.49. The Labute approximate surface area is 105 Å². The lowest BCUT2D eigenvalue weighted by molar-refractivity contribution is -0.120. The molecule has 96 valence electrons. The highest BCUT2D eigenvalue weighted by Gasteiger charge is 2.30. The van der Waals surface area contributed by atoms with Crippen LogP contribution in [-0.2, 0) is 9.59 Å². The van der Waals surface area contributed by atoms with Gasteiger partial charge in [0, 0.05) is 38.0 Å². The van der Waals surface area contributed by atoms with Gasteiger partial charge >= 0.3 is 0 Å². The monoisotopic (exact) mass is 250 g/mol. The maximum atomic E-state index is 12.8. The Balaban J connectivity index is 2.00. The standard InChI is InChI=1S/C13H15FN2O2/c1-9(17)15-7-10-6-13(18)16(8-10)12-4-2-11(14)3-5-12/h2-5,10H,6-8H2,1H3,(H,15,17). The molecule has 1 unspecified atom stereocenters. The molecule has 0 saturated carbocycles. The highest BCUT2D eigenvalue weighted by Crippen LogP contribution is 2.24. The van der Waals surface area contributed by atoms with E-state index in [4.69, 9.17) is 0 Å². The SMILES string of the molecule is CC(=O)NCC1CC(=O)N(c2ccc(F)cc2)C1. The van der Waals surface area contributed by atoms with Crippen LogP contribution in [-0.4, -0.2) is 24.9 Å². The third-order valence-corrected chi connectivity index (χ3v) is 2.98. The summed E-state index contributed by atoms with van der Waals surface area (Å²) in [7, 11) is 0. The van der Waals surface area contributed by atoms with Gasteiger partial charge in [0.25, 0.3) is 0 Å². The van der Waals surface area contributed by atoms with E-state index in [0.717, 1.165) is 0 Å². The van der Waals surface area contributed by atoms with Crippen molar-refractivity contribution in [2.24, 2.45) is 5.92 Å². The highest BCUT2D eigenvalue weighted by molar-refractivity contribution is 5.95. The molecular weight excluding hydrogens is 235 g/mol. The quantitative estimate of drug-likeness (QED) is 0.879. The van der Waals surface area contributed by atoms with Gasteiger partial charge in [-0.1, -0.05) is 0 Å². The molecule has 2 rings (SSSR count). The molecule has 0 aliphatic carbocycles. The van der Waals surface area contributed by atoms with E-state index < -0.39 is 0 Å². The zero-order valence-corrected chi connectivity index (χ0v) is 10.1. The van der Waals surface area contributed by atoms with Crippen LogP contribution in [0.3, 0.4) is 0 Å². The minimum atomic E-state index is -0.319. The Kier molecular flexibility index (Phi) is 3.60. The van der Waals surface area contributed by atoms with Gasteiger partial charge in [0.1, 0.15) is 5.82 Å². The lowest BCUT2D eigenvalue weighted by atomic mass is 10.1. The van der Waals surface area contributed by atoms with Gasteiger partial charge in [-0.3, -0.25) is 9.59 Å². The van der Waals surface area contributed by atoms with Crippen LogP contribution in [0.2, 0.25) is 0 Å².